The molecule has 100 valence electrons. The molecule has 0 aliphatic carbocycles. The van der Waals surface area contributed by atoms with Gasteiger partial charge < -0.3 is 19.7 Å². The van der Waals surface area contributed by atoms with Gasteiger partial charge in [-0.1, -0.05) is 26.7 Å². The van der Waals surface area contributed by atoms with Crippen LogP contribution < -0.4 is 0 Å². The molecule has 1 aliphatic heterocycles. The van der Waals surface area contributed by atoms with E-state index in [0.717, 1.165) is 25.7 Å². The molecule has 0 aromatic heterocycles. The predicted octanol–water partition coefficient (Wildman–Crippen LogP) is 2.96. The molecule has 0 spiro atoms. The number of carboxylic acid groups (broad SMARTS) is 2. The second kappa shape index (κ2) is 7.76. The van der Waals surface area contributed by atoms with E-state index in [4.69, 9.17) is 24.5 Å². The van der Waals surface area contributed by atoms with Crippen molar-refractivity contribution >= 4 is 12.3 Å². The van der Waals surface area contributed by atoms with Gasteiger partial charge in [0.1, 0.15) is 13.2 Å². The molecular weight excluding hydrogens is 228 g/mol. The average Bonchev–Trinajstić information content (AvgIpc) is 2.23. The van der Waals surface area contributed by atoms with Gasteiger partial charge in [0.05, 0.1) is 0 Å². The number of cyclic esters (lactones) is 2. The fourth-order valence-corrected chi connectivity index (χ4v) is 1.98. The molecule has 0 aromatic rings. The molecule has 0 radical (unpaired) electrons. The largest absolute Gasteiger partial charge is 0.508 e. The van der Waals surface area contributed by atoms with Crippen LogP contribution in [0.3, 0.4) is 0 Å². The highest BCUT2D eigenvalue weighted by atomic mass is 16.7. The van der Waals surface area contributed by atoms with Crippen molar-refractivity contribution in [2.45, 2.75) is 39.5 Å². The summed E-state index contributed by atoms with van der Waals surface area (Å²) in [6, 6.07) is 0. The van der Waals surface area contributed by atoms with Crippen LogP contribution in [0.25, 0.3) is 0 Å². The Labute approximate surface area is 101 Å². The van der Waals surface area contributed by atoms with Gasteiger partial charge in [-0.25, -0.2) is 9.59 Å². The maximum Gasteiger partial charge on any atom is 0.508 e. The van der Waals surface area contributed by atoms with Crippen molar-refractivity contribution in [1.29, 1.82) is 0 Å². The lowest BCUT2D eigenvalue weighted by Gasteiger charge is -2.35. The highest BCUT2D eigenvalue weighted by Crippen LogP contribution is 2.33. The minimum absolute atomic E-state index is 0.0947. The molecule has 0 saturated carbocycles. The van der Waals surface area contributed by atoms with Gasteiger partial charge in [-0.3, -0.25) is 0 Å². The Hall–Kier alpha value is -1.46. The molecule has 1 fully saturated rings. The van der Waals surface area contributed by atoms with Crippen LogP contribution in [-0.2, 0) is 9.47 Å². The van der Waals surface area contributed by atoms with Gasteiger partial charge in [0, 0.05) is 5.41 Å². The number of ether oxygens (including phenoxy) is 2. The smallest absolute Gasteiger partial charge is 0.450 e. The van der Waals surface area contributed by atoms with E-state index in [2.05, 4.69) is 13.8 Å². The van der Waals surface area contributed by atoms with Crippen molar-refractivity contribution in [3.8, 4) is 0 Å². The van der Waals surface area contributed by atoms with Gasteiger partial charge in [0.2, 0.25) is 0 Å². The standard InChI is InChI=1S/C10H18O3.CH2O3/c1-3-5-10(6-4-2)7-12-9(11)13-8-10;2-1(3)4/h3-8H2,1-2H3;(H2,2,3,4). The summed E-state index contributed by atoms with van der Waals surface area (Å²) in [6.07, 6.45) is 2.03. The lowest BCUT2D eigenvalue weighted by molar-refractivity contribution is -0.0672. The average molecular weight is 248 g/mol. The summed E-state index contributed by atoms with van der Waals surface area (Å²) in [6.45, 7) is 5.36. The first kappa shape index (κ1) is 15.5. The molecule has 17 heavy (non-hydrogen) atoms. The maximum absolute atomic E-state index is 10.7. The van der Waals surface area contributed by atoms with Crippen LogP contribution in [-0.4, -0.2) is 35.7 Å². The summed E-state index contributed by atoms with van der Waals surface area (Å²) in [5.74, 6) is 0. The number of carbonyl (C=O) groups excluding carboxylic acids is 1. The molecule has 0 bridgehead atoms. The van der Waals surface area contributed by atoms with Gasteiger partial charge >= 0.3 is 12.3 Å². The Bertz CT molecular complexity index is 228. The Balaban J connectivity index is 0.000000557. The predicted molar refractivity (Wildman–Crippen MR) is 60.2 cm³/mol. The number of carbonyl (C=O) groups is 2. The van der Waals surface area contributed by atoms with Crippen LogP contribution in [0.1, 0.15) is 39.5 Å². The molecule has 1 saturated heterocycles. The van der Waals surface area contributed by atoms with Crippen LogP contribution in [0, 0.1) is 5.41 Å². The molecule has 0 unspecified atom stereocenters. The SMILES string of the molecule is CCCC1(CCC)COC(=O)OC1.O=C(O)O. The van der Waals surface area contributed by atoms with Crippen LogP contribution in [0.4, 0.5) is 9.59 Å². The first-order chi connectivity index (χ1) is 7.95. The van der Waals surface area contributed by atoms with E-state index in [1.807, 2.05) is 0 Å². The molecule has 0 aromatic carbocycles. The van der Waals surface area contributed by atoms with Crippen LogP contribution >= 0.6 is 0 Å². The van der Waals surface area contributed by atoms with Gasteiger partial charge in [-0.15, -0.1) is 0 Å². The normalized spacial score (nSPS) is 17.2. The molecule has 0 amide bonds. The first-order valence-electron chi connectivity index (χ1n) is 5.67. The summed E-state index contributed by atoms with van der Waals surface area (Å²) in [5, 5.41) is 13.9. The summed E-state index contributed by atoms with van der Waals surface area (Å²) in [7, 11) is 0. The summed E-state index contributed by atoms with van der Waals surface area (Å²) >= 11 is 0. The van der Waals surface area contributed by atoms with E-state index < -0.39 is 12.3 Å². The second-order valence-electron chi connectivity index (χ2n) is 4.11. The molecular formula is C11H20O6. The molecule has 1 heterocycles. The number of hydrogen-bond acceptors (Lipinski definition) is 4. The third-order valence-corrected chi connectivity index (χ3v) is 2.55. The summed E-state index contributed by atoms with van der Waals surface area (Å²) < 4.78 is 9.88. The van der Waals surface area contributed by atoms with Gasteiger partial charge in [-0.05, 0) is 12.8 Å². The van der Waals surface area contributed by atoms with Crippen molar-refractivity contribution in [3.63, 3.8) is 0 Å². The zero-order valence-electron chi connectivity index (χ0n) is 10.3. The topological polar surface area (TPSA) is 93.1 Å². The number of hydrogen-bond donors (Lipinski definition) is 2. The Morgan fingerprint density at radius 3 is 1.82 bits per heavy atom. The van der Waals surface area contributed by atoms with Crippen molar-refractivity contribution in [1.82, 2.24) is 0 Å². The van der Waals surface area contributed by atoms with E-state index in [1.165, 1.54) is 0 Å². The molecule has 6 heteroatoms. The van der Waals surface area contributed by atoms with Gasteiger partial charge in [0.25, 0.3) is 0 Å². The van der Waals surface area contributed by atoms with E-state index >= 15 is 0 Å². The van der Waals surface area contributed by atoms with E-state index in [1.54, 1.807) is 0 Å². The fraction of sp³-hybridized carbons (Fsp3) is 0.818. The van der Waals surface area contributed by atoms with Gasteiger partial charge in [0.15, 0.2) is 0 Å². The number of rotatable bonds is 4. The van der Waals surface area contributed by atoms with Crippen molar-refractivity contribution in [2.24, 2.45) is 5.41 Å². The highest BCUT2D eigenvalue weighted by Gasteiger charge is 2.35. The van der Waals surface area contributed by atoms with E-state index in [0.29, 0.717) is 13.2 Å². The van der Waals surface area contributed by atoms with E-state index in [-0.39, 0.29) is 5.41 Å². The lowest BCUT2D eigenvalue weighted by atomic mass is 9.80. The molecule has 1 rings (SSSR count). The Morgan fingerprint density at radius 2 is 1.53 bits per heavy atom. The third kappa shape index (κ3) is 6.65. The monoisotopic (exact) mass is 248 g/mol. The first-order valence-corrected chi connectivity index (χ1v) is 5.67. The zero-order chi connectivity index (χ0) is 13.3. The second-order valence-corrected chi connectivity index (χ2v) is 4.11. The molecule has 0 atom stereocenters. The fourth-order valence-electron chi connectivity index (χ4n) is 1.98. The quantitative estimate of drug-likeness (QED) is 0.743. The Morgan fingerprint density at radius 1 is 1.18 bits per heavy atom. The molecule has 2 N–H and O–H groups in total. The van der Waals surface area contributed by atoms with Crippen LogP contribution in [0.5, 0.6) is 0 Å². The van der Waals surface area contributed by atoms with Crippen LogP contribution in [0.2, 0.25) is 0 Å². The maximum atomic E-state index is 10.7. The highest BCUT2D eigenvalue weighted by molar-refractivity contribution is 5.60. The Kier molecular flexibility index (Phi) is 7.09. The van der Waals surface area contributed by atoms with Crippen LogP contribution in [0.15, 0.2) is 0 Å². The van der Waals surface area contributed by atoms with E-state index in [9.17, 15) is 4.79 Å². The minimum atomic E-state index is -1.83. The summed E-state index contributed by atoms with van der Waals surface area (Å²) in [5.41, 5.74) is 0.0947. The third-order valence-electron chi connectivity index (χ3n) is 2.55. The summed E-state index contributed by atoms with van der Waals surface area (Å²) in [4.78, 5) is 19.3. The molecule has 1 aliphatic rings. The van der Waals surface area contributed by atoms with Gasteiger partial charge in [-0.2, -0.15) is 0 Å². The van der Waals surface area contributed by atoms with Crippen molar-refractivity contribution in [2.75, 3.05) is 13.2 Å². The molecule has 6 nitrogen and oxygen atoms in total. The minimum Gasteiger partial charge on any atom is -0.450 e. The van der Waals surface area contributed by atoms with Crippen molar-refractivity contribution in [3.05, 3.63) is 0 Å². The van der Waals surface area contributed by atoms with Crippen molar-refractivity contribution < 1.29 is 29.3 Å². The lowest BCUT2D eigenvalue weighted by Crippen LogP contribution is -2.39. The zero-order valence-corrected chi connectivity index (χ0v) is 10.3.